The maximum absolute atomic E-state index is 13.5. The number of benzene rings is 1. The third-order valence-corrected chi connectivity index (χ3v) is 8.42. The maximum Gasteiger partial charge on any atom is 0.273 e. The molecule has 1 aromatic carbocycles. The lowest BCUT2D eigenvalue weighted by atomic mass is 10.0. The number of oxazole rings is 1. The molecule has 3 N–H and O–H groups in total. The SMILES string of the molecule is Cc1cc(CC(=O)N2CCNC(=O)c3coc(n3)[C@H](Cc3ccccc3)NC(=O)c3csc(n3)[C@H](C(C)C)NC(=O)C2)cc(C)n1. The molecule has 0 radical (unpaired) electrons. The van der Waals surface area contributed by atoms with Gasteiger partial charge in [0.25, 0.3) is 11.8 Å². The largest absolute Gasteiger partial charge is 0.446 e. The third-order valence-electron chi connectivity index (χ3n) is 7.50. The van der Waals surface area contributed by atoms with E-state index in [1.54, 1.807) is 5.38 Å². The van der Waals surface area contributed by atoms with E-state index in [1.807, 2.05) is 70.2 Å². The summed E-state index contributed by atoms with van der Waals surface area (Å²) in [4.78, 5) is 68.1. The number of hydrogen-bond donors (Lipinski definition) is 3. The van der Waals surface area contributed by atoms with Gasteiger partial charge < -0.3 is 25.3 Å². The summed E-state index contributed by atoms with van der Waals surface area (Å²) in [6.45, 7) is 7.55. The zero-order chi connectivity index (χ0) is 32.8. The first-order valence-electron chi connectivity index (χ1n) is 15.1. The fourth-order valence-electron chi connectivity index (χ4n) is 5.27. The van der Waals surface area contributed by atoms with Gasteiger partial charge in [-0.2, -0.15) is 0 Å². The van der Waals surface area contributed by atoms with E-state index >= 15 is 0 Å². The molecule has 1 aliphatic heterocycles. The molecule has 0 spiro atoms. The number of nitrogens with one attached hydrogen (secondary N) is 3. The number of rotatable bonds is 5. The number of fused-ring (bicyclic) bond motifs is 4. The molecule has 46 heavy (non-hydrogen) atoms. The number of pyridine rings is 1. The number of nitrogens with zero attached hydrogens (tertiary/aromatic N) is 4. The van der Waals surface area contributed by atoms with Crippen LogP contribution in [0.3, 0.4) is 0 Å². The van der Waals surface area contributed by atoms with Gasteiger partial charge in [-0.05, 0) is 43.0 Å². The van der Waals surface area contributed by atoms with Crippen LogP contribution in [0, 0.1) is 19.8 Å². The minimum absolute atomic E-state index is 0.0255. The molecule has 4 bridgehead atoms. The summed E-state index contributed by atoms with van der Waals surface area (Å²) in [5.74, 6) is -1.49. The van der Waals surface area contributed by atoms with Crippen LogP contribution < -0.4 is 16.0 Å². The molecule has 12 nitrogen and oxygen atoms in total. The van der Waals surface area contributed by atoms with Crippen LogP contribution in [0.5, 0.6) is 0 Å². The lowest BCUT2D eigenvalue weighted by Crippen LogP contribution is -2.46. The highest BCUT2D eigenvalue weighted by Gasteiger charge is 2.28. The summed E-state index contributed by atoms with van der Waals surface area (Å²) < 4.78 is 5.70. The fraction of sp³-hybridized carbons (Fsp3) is 0.364. The van der Waals surface area contributed by atoms with E-state index in [0.717, 1.165) is 22.5 Å². The molecular formula is C33H37N7O5S. The van der Waals surface area contributed by atoms with E-state index in [0.29, 0.717) is 11.4 Å². The molecule has 13 heteroatoms. The number of amides is 4. The number of carbonyl (C=O) groups excluding carboxylic acids is 4. The van der Waals surface area contributed by atoms with Crippen molar-refractivity contribution in [3.63, 3.8) is 0 Å². The van der Waals surface area contributed by atoms with Crippen molar-refractivity contribution in [1.82, 2.24) is 35.8 Å². The van der Waals surface area contributed by atoms with Gasteiger partial charge in [-0.3, -0.25) is 24.2 Å². The predicted octanol–water partition coefficient (Wildman–Crippen LogP) is 3.48. The lowest BCUT2D eigenvalue weighted by Gasteiger charge is -2.25. The molecule has 240 valence electrons. The molecule has 2 atom stereocenters. The summed E-state index contributed by atoms with van der Waals surface area (Å²) in [5.41, 5.74) is 3.51. The molecule has 5 rings (SSSR count). The number of carbonyl (C=O) groups is 4. The minimum atomic E-state index is -0.686. The molecule has 0 aliphatic carbocycles. The Labute approximate surface area is 271 Å². The van der Waals surface area contributed by atoms with Gasteiger partial charge in [0.1, 0.15) is 23.0 Å². The number of thiazole rings is 1. The molecule has 1 aliphatic rings. The molecule has 0 unspecified atom stereocenters. The van der Waals surface area contributed by atoms with Gasteiger partial charge in [-0.1, -0.05) is 44.2 Å². The van der Waals surface area contributed by atoms with Crippen LogP contribution in [-0.2, 0) is 22.4 Å². The predicted molar refractivity (Wildman–Crippen MR) is 171 cm³/mol. The smallest absolute Gasteiger partial charge is 0.273 e. The number of aryl methyl sites for hydroxylation is 2. The van der Waals surface area contributed by atoms with Gasteiger partial charge >= 0.3 is 0 Å². The maximum atomic E-state index is 13.5. The highest BCUT2D eigenvalue weighted by Crippen LogP contribution is 2.26. The molecule has 0 fully saturated rings. The molecule has 4 heterocycles. The van der Waals surface area contributed by atoms with Gasteiger partial charge in [0.15, 0.2) is 5.69 Å². The summed E-state index contributed by atoms with van der Waals surface area (Å²) in [5, 5.41) is 10.9. The van der Waals surface area contributed by atoms with Gasteiger partial charge in [0.2, 0.25) is 17.7 Å². The zero-order valence-electron chi connectivity index (χ0n) is 26.2. The highest BCUT2D eigenvalue weighted by atomic mass is 32.1. The van der Waals surface area contributed by atoms with Crippen LogP contribution in [0.1, 0.15) is 80.3 Å². The normalized spacial score (nSPS) is 17.9. The summed E-state index contributed by atoms with van der Waals surface area (Å²) >= 11 is 1.27. The number of hydrogen-bond acceptors (Lipinski definition) is 9. The Morgan fingerprint density at radius 1 is 0.978 bits per heavy atom. The first-order valence-corrected chi connectivity index (χ1v) is 16.0. The van der Waals surface area contributed by atoms with Crippen molar-refractivity contribution in [1.29, 1.82) is 0 Å². The quantitative estimate of drug-likeness (QED) is 0.298. The summed E-state index contributed by atoms with van der Waals surface area (Å²) in [7, 11) is 0. The van der Waals surface area contributed by atoms with Crippen molar-refractivity contribution in [2.24, 2.45) is 5.92 Å². The van der Waals surface area contributed by atoms with Crippen molar-refractivity contribution in [3.8, 4) is 0 Å². The van der Waals surface area contributed by atoms with Crippen molar-refractivity contribution in [2.45, 2.75) is 52.6 Å². The second kappa shape index (κ2) is 14.5. The van der Waals surface area contributed by atoms with Crippen LogP contribution in [0.25, 0.3) is 0 Å². The van der Waals surface area contributed by atoms with Gasteiger partial charge in [-0.15, -0.1) is 11.3 Å². The van der Waals surface area contributed by atoms with Crippen LogP contribution >= 0.6 is 11.3 Å². The lowest BCUT2D eigenvalue weighted by molar-refractivity contribution is -0.135. The van der Waals surface area contributed by atoms with Gasteiger partial charge in [0, 0.05) is 36.3 Å². The average Bonchev–Trinajstić information content (AvgIpc) is 3.69. The monoisotopic (exact) mass is 643 g/mol. The van der Waals surface area contributed by atoms with E-state index in [9.17, 15) is 19.2 Å². The van der Waals surface area contributed by atoms with E-state index in [1.165, 1.54) is 22.5 Å². The first kappa shape index (κ1) is 32.5. The molecule has 0 saturated heterocycles. The Morgan fingerprint density at radius 3 is 2.43 bits per heavy atom. The highest BCUT2D eigenvalue weighted by molar-refractivity contribution is 7.09. The second-order valence-corrected chi connectivity index (χ2v) is 12.5. The molecule has 3 aromatic heterocycles. The van der Waals surface area contributed by atoms with Gasteiger partial charge in [0.05, 0.1) is 19.0 Å². The van der Waals surface area contributed by atoms with E-state index in [-0.39, 0.29) is 61.1 Å². The summed E-state index contributed by atoms with van der Waals surface area (Å²) in [6.07, 6.45) is 1.67. The zero-order valence-corrected chi connectivity index (χ0v) is 27.0. The van der Waals surface area contributed by atoms with E-state index in [2.05, 4.69) is 30.9 Å². The molecular weight excluding hydrogens is 606 g/mol. The van der Waals surface area contributed by atoms with Crippen molar-refractivity contribution in [2.75, 3.05) is 19.6 Å². The van der Waals surface area contributed by atoms with Gasteiger partial charge in [-0.25, -0.2) is 9.97 Å². The third kappa shape index (κ3) is 8.21. The topological polar surface area (TPSA) is 159 Å². The average molecular weight is 644 g/mol. The molecule has 0 saturated carbocycles. The Hall–Kier alpha value is -4.91. The summed E-state index contributed by atoms with van der Waals surface area (Å²) in [6, 6.07) is 12.0. The Morgan fingerprint density at radius 2 is 1.72 bits per heavy atom. The Kier molecular flexibility index (Phi) is 10.2. The van der Waals surface area contributed by atoms with E-state index in [4.69, 9.17) is 4.42 Å². The minimum Gasteiger partial charge on any atom is -0.446 e. The van der Waals surface area contributed by atoms with E-state index < -0.39 is 23.9 Å². The van der Waals surface area contributed by atoms with Crippen LogP contribution in [0.4, 0.5) is 0 Å². The Balaban J connectivity index is 1.44. The first-order chi connectivity index (χ1) is 22.0. The number of aromatic nitrogens is 3. The van der Waals surface area contributed by atoms with Crippen molar-refractivity contribution in [3.05, 3.63) is 98.9 Å². The van der Waals surface area contributed by atoms with Crippen LogP contribution in [-0.4, -0.2) is 63.1 Å². The molecule has 4 aromatic rings. The second-order valence-electron chi connectivity index (χ2n) is 11.7. The fourth-order valence-corrected chi connectivity index (χ4v) is 6.29. The van der Waals surface area contributed by atoms with Crippen molar-refractivity contribution < 1.29 is 23.6 Å². The molecule has 4 amide bonds. The van der Waals surface area contributed by atoms with Crippen molar-refractivity contribution >= 4 is 35.0 Å². The standard InChI is InChI=1S/C33H37N7O5S/c1-19(2)29-33-38-26(18-46-33)31(44)36-24(14-22-8-6-5-7-9-22)32-37-25(17-45-32)30(43)34-10-11-40(16-27(41)39-29)28(42)15-23-12-20(3)35-21(4)13-23/h5-9,12-13,17-19,24,29H,10-11,14-16H2,1-4H3,(H,34,43)(H,36,44)(H,39,41)/t24-,29-/m0/s1. The van der Waals surface area contributed by atoms with Crippen LogP contribution in [0.15, 0.2) is 58.5 Å². The van der Waals surface area contributed by atoms with Crippen LogP contribution in [0.2, 0.25) is 0 Å². The Bertz CT molecular complexity index is 1700.